The number of pyridine rings is 1. The van der Waals surface area contributed by atoms with Crippen LogP contribution in [0.4, 0.5) is 13.2 Å². The number of ether oxygens (including phenoxy) is 1. The molecule has 0 radical (unpaired) electrons. The van der Waals surface area contributed by atoms with E-state index in [0.717, 1.165) is 12.3 Å². The van der Waals surface area contributed by atoms with Crippen molar-refractivity contribution in [1.82, 2.24) is 4.98 Å². The highest BCUT2D eigenvalue weighted by atomic mass is 19.4. The molecule has 0 unspecified atom stereocenters. The maximum atomic E-state index is 11.6. The summed E-state index contributed by atoms with van der Waals surface area (Å²) in [5, 5.41) is 8.35. The Kier molecular flexibility index (Phi) is 2.37. The molecule has 1 rings (SSSR count). The van der Waals surface area contributed by atoms with Crippen LogP contribution in [-0.4, -0.2) is 11.3 Å². The third kappa shape index (κ3) is 2.99. The SMILES string of the molecule is N#Cc1ccnc(OC(F)(F)F)c1. The summed E-state index contributed by atoms with van der Waals surface area (Å²) >= 11 is 0. The van der Waals surface area contributed by atoms with Gasteiger partial charge in [-0.15, -0.1) is 13.2 Å². The summed E-state index contributed by atoms with van der Waals surface area (Å²) in [4.78, 5) is 3.28. The minimum Gasteiger partial charge on any atom is -0.388 e. The first-order chi connectivity index (χ1) is 6.01. The van der Waals surface area contributed by atoms with Crippen molar-refractivity contribution in [3.63, 3.8) is 0 Å². The average Bonchev–Trinajstić information content (AvgIpc) is 2.01. The Hall–Kier alpha value is -1.77. The molecule has 6 heteroatoms. The van der Waals surface area contributed by atoms with Crippen molar-refractivity contribution < 1.29 is 17.9 Å². The van der Waals surface area contributed by atoms with Gasteiger partial charge in [0.15, 0.2) is 0 Å². The molecule has 0 saturated heterocycles. The summed E-state index contributed by atoms with van der Waals surface area (Å²) in [6.45, 7) is 0. The molecule has 0 aromatic carbocycles. The van der Waals surface area contributed by atoms with E-state index in [4.69, 9.17) is 5.26 Å². The molecular weight excluding hydrogens is 185 g/mol. The first-order valence-corrected chi connectivity index (χ1v) is 3.13. The van der Waals surface area contributed by atoms with Crippen molar-refractivity contribution in [2.45, 2.75) is 6.36 Å². The van der Waals surface area contributed by atoms with E-state index in [1.807, 2.05) is 0 Å². The Morgan fingerprint density at radius 1 is 1.46 bits per heavy atom. The number of hydrogen-bond acceptors (Lipinski definition) is 3. The molecule has 1 aromatic rings. The number of hydrogen-bond donors (Lipinski definition) is 0. The summed E-state index contributed by atoms with van der Waals surface area (Å²) in [6, 6.07) is 3.86. The van der Waals surface area contributed by atoms with Gasteiger partial charge < -0.3 is 4.74 Å². The number of nitriles is 1. The van der Waals surface area contributed by atoms with Crippen molar-refractivity contribution in [2.75, 3.05) is 0 Å². The maximum Gasteiger partial charge on any atom is 0.574 e. The Bertz CT molecular complexity index is 342. The standard InChI is InChI=1S/C7H3F3N2O/c8-7(9,10)13-6-3-5(4-11)1-2-12-6/h1-3H. The highest BCUT2D eigenvalue weighted by molar-refractivity contribution is 5.31. The van der Waals surface area contributed by atoms with Gasteiger partial charge in [0.25, 0.3) is 0 Å². The van der Waals surface area contributed by atoms with Crippen molar-refractivity contribution in [3.05, 3.63) is 23.9 Å². The van der Waals surface area contributed by atoms with Gasteiger partial charge in [-0.1, -0.05) is 0 Å². The van der Waals surface area contributed by atoms with Crippen LogP contribution in [-0.2, 0) is 0 Å². The van der Waals surface area contributed by atoms with E-state index in [1.54, 1.807) is 6.07 Å². The van der Waals surface area contributed by atoms with E-state index in [0.29, 0.717) is 0 Å². The van der Waals surface area contributed by atoms with Crippen molar-refractivity contribution in [2.24, 2.45) is 0 Å². The monoisotopic (exact) mass is 188 g/mol. The van der Waals surface area contributed by atoms with Gasteiger partial charge in [0, 0.05) is 12.3 Å². The molecule has 0 fully saturated rings. The minimum absolute atomic E-state index is 0.0641. The fourth-order valence-electron chi connectivity index (χ4n) is 0.653. The molecule has 13 heavy (non-hydrogen) atoms. The summed E-state index contributed by atoms with van der Waals surface area (Å²) in [7, 11) is 0. The van der Waals surface area contributed by atoms with Crippen LogP contribution in [0.2, 0.25) is 0 Å². The van der Waals surface area contributed by atoms with Crippen LogP contribution in [0.3, 0.4) is 0 Å². The van der Waals surface area contributed by atoms with Crippen LogP contribution in [0.1, 0.15) is 5.56 Å². The summed E-state index contributed by atoms with van der Waals surface area (Å²) in [6.07, 6.45) is -3.71. The lowest BCUT2D eigenvalue weighted by molar-refractivity contribution is -0.276. The Morgan fingerprint density at radius 2 is 2.15 bits per heavy atom. The van der Waals surface area contributed by atoms with E-state index >= 15 is 0 Å². The quantitative estimate of drug-likeness (QED) is 0.675. The van der Waals surface area contributed by atoms with Gasteiger partial charge in [0.2, 0.25) is 5.88 Å². The van der Waals surface area contributed by atoms with Crippen molar-refractivity contribution in [3.8, 4) is 11.9 Å². The largest absolute Gasteiger partial charge is 0.574 e. The fraction of sp³-hybridized carbons (Fsp3) is 0.143. The second kappa shape index (κ2) is 3.31. The Morgan fingerprint density at radius 3 is 2.69 bits per heavy atom. The van der Waals surface area contributed by atoms with E-state index in [2.05, 4.69) is 9.72 Å². The van der Waals surface area contributed by atoms with E-state index < -0.39 is 12.2 Å². The number of halogens is 3. The molecular formula is C7H3F3N2O. The van der Waals surface area contributed by atoms with Crippen LogP contribution in [0, 0.1) is 11.3 Å². The van der Waals surface area contributed by atoms with Gasteiger partial charge in [-0.2, -0.15) is 5.26 Å². The zero-order valence-corrected chi connectivity index (χ0v) is 6.17. The lowest BCUT2D eigenvalue weighted by atomic mass is 10.3. The third-order valence-corrected chi connectivity index (χ3v) is 1.08. The molecule has 3 nitrogen and oxygen atoms in total. The van der Waals surface area contributed by atoms with Crippen LogP contribution >= 0.6 is 0 Å². The average molecular weight is 188 g/mol. The van der Waals surface area contributed by atoms with Gasteiger partial charge in [0.05, 0.1) is 11.6 Å². The molecule has 0 aliphatic heterocycles. The normalized spacial score (nSPS) is 10.6. The van der Waals surface area contributed by atoms with Gasteiger partial charge >= 0.3 is 6.36 Å². The molecule has 0 atom stereocenters. The lowest BCUT2D eigenvalue weighted by Gasteiger charge is -2.06. The van der Waals surface area contributed by atoms with Gasteiger partial charge in [-0.25, -0.2) is 4.98 Å². The summed E-state index contributed by atoms with van der Waals surface area (Å²) < 4.78 is 38.4. The molecule has 0 saturated carbocycles. The molecule has 0 spiro atoms. The van der Waals surface area contributed by atoms with E-state index in [9.17, 15) is 13.2 Å². The fourth-order valence-corrected chi connectivity index (χ4v) is 0.653. The molecule has 0 aliphatic carbocycles. The summed E-state index contributed by atoms with van der Waals surface area (Å²) in [5.41, 5.74) is 0.0641. The number of aromatic nitrogens is 1. The Balaban J connectivity index is 2.86. The topological polar surface area (TPSA) is 45.9 Å². The van der Waals surface area contributed by atoms with E-state index in [-0.39, 0.29) is 5.56 Å². The molecule has 0 N–H and O–H groups in total. The molecule has 68 valence electrons. The zero-order chi connectivity index (χ0) is 9.90. The van der Waals surface area contributed by atoms with Gasteiger partial charge in [-0.3, -0.25) is 0 Å². The van der Waals surface area contributed by atoms with Gasteiger partial charge in [-0.05, 0) is 6.07 Å². The predicted molar refractivity (Wildman–Crippen MR) is 35.6 cm³/mol. The molecule has 0 amide bonds. The van der Waals surface area contributed by atoms with Gasteiger partial charge in [0.1, 0.15) is 0 Å². The van der Waals surface area contributed by atoms with Crippen molar-refractivity contribution in [1.29, 1.82) is 5.26 Å². The highest BCUT2D eigenvalue weighted by Crippen LogP contribution is 2.20. The number of nitrogens with zero attached hydrogens (tertiary/aromatic N) is 2. The van der Waals surface area contributed by atoms with Crippen LogP contribution in [0.25, 0.3) is 0 Å². The third-order valence-electron chi connectivity index (χ3n) is 1.08. The van der Waals surface area contributed by atoms with Crippen molar-refractivity contribution >= 4 is 0 Å². The molecule has 1 aromatic heterocycles. The Labute approximate surface area is 71.4 Å². The molecule has 1 heterocycles. The second-order valence-electron chi connectivity index (χ2n) is 2.04. The second-order valence-corrected chi connectivity index (χ2v) is 2.04. The zero-order valence-electron chi connectivity index (χ0n) is 6.17. The molecule has 0 bridgehead atoms. The van der Waals surface area contributed by atoms with Crippen LogP contribution < -0.4 is 4.74 Å². The lowest BCUT2D eigenvalue weighted by Crippen LogP contribution is -2.17. The molecule has 0 aliphatic rings. The first-order valence-electron chi connectivity index (χ1n) is 3.13. The predicted octanol–water partition coefficient (Wildman–Crippen LogP) is 1.85. The number of alkyl halides is 3. The smallest absolute Gasteiger partial charge is 0.388 e. The van der Waals surface area contributed by atoms with E-state index in [1.165, 1.54) is 6.07 Å². The van der Waals surface area contributed by atoms with Crippen LogP contribution in [0.15, 0.2) is 18.3 Å². The summed E-state index contributed by atoms with van der Waals surface area (Å²) in [5.74, 6) is -0.633. The van der Waals surface area contributed by atoms with Crippen LogP contribution in [0.5, 0.6) is 5.88 Å². The minimum atomic E-state index is -4.78. The number of rotatable bonds is 1. The maximum absolute atomic E-state index is 11.6. The highest BCUT2D eigenvalue weighted by Gasteiger charge is 2.31. The first kappa shape index (κ1) is 9.32.